The zero-order valence-electron chi connectivity index (χ0n) is 13.0. The molecule has 0 amide bonds. The second-order valence-electron chi connectivity index (χ2n) is 6.04. The van der Waals surface area contributed by atoms with Crippen LogP contribution in [0.25, 0.3) is 0 Å². The van der Waals surface area contributed by atoms with Gasteiger partial charge in [-0.1, -0.05) is 31.9 Å². The van der Waals surface area contributed by atoms with Crippen molar-refractivity contribution in [1.82, 2.24) is 10.6 Å². The quantitative estimate of drug-likeness (QED) is 0.323. The smallest absolute Gasteiger partial charge is 0.191 e. The molecule has 2 N–H and O–H groups in total. The minimum absolute atomic E-state index is 0. The molecule has 0 atom stereocenters. The van der Waals surface area contributed by atoms with Crippen molar-refractivity contribution in [3.8, 4) is 0 Å². The van der Waals surface area contributed by atoms with E-state index in [0.717, 1.165) is 31.9 Å². The summed E-state index contributed by atoms with van der Waals surface area (Å²) >= 11 is 0. The SMILES string of the molecule is CCNC(=NCC1(CC)CCCC1)NC1CC=CC1.I. The Morgan fingerprint density at radius 2 is 1.85 bits per heavy atom. The maximum absolute atomic E-state index is 4.87. The van der Waals surface area contributed by atoms with E-state index < -0.39 is 0 Å². The normalized spacial score (nSPS) is 21.8. The van der Waals surface area contributed by atoms with Gasteiger partial charge in [0.1, 0.15) is 0 Å². The summed E-state index contributed by atoms with van der Waals surface area (Å²) in [5.74, 6) is 1.01. The van der Waals surface area contributed by atoms with Gasteiger partial charge in [0.15, 0.2) is 5.96 Å². The van der Waals surface area contributed by atoms with Crippen LogP contribution in [0.15, 0.2) is 17.1 Å². The van der Waals surface area contributed by atoms with Gasteiger partial charge in [0, 0.05) is 19.1 Å². The third-order valence-electron chi connectivity index (χ3n) is 4.68. The minimum atomic E-state index is 0. The number of rotatable bonds is 5. The molecule has 1 fully saturated rings. The van der Waals surface area contributed by atoms with E-state index in [1.165, 1.54) is 32.1 Å². The molecule has 2 aliphatic carbocycles. The van der Waals surface area contributed by atoms with Gasteiger partial charge < -0.3 is 10.6 Å². The van der Waals surface area contributed by atoms with Crippen LogP contribution in [0.5, 0.6) is 0 Å². The van der Waals surface area contributed by atoms with E-state index in [1.807, 2.05) is 0 Å². The topological polar surface area (TPSA) is 36.4 Å². The fraction of sp³-hybridized carbons (Fsp3) is 0.812. The van der Waals surface area contributed by atoms with E-state index >= 15 is 0 Å². The van der Waals surface area contributed by atoms with Gasteiger partial charge in [-0.05, 0) is 44.4 Å². The molecule has 0 heterocycles. The molecule has 1 saturated carbocycles. The molecule has 0 aromatic heterocycles. The molecular weight excluding hydrogens is 361 g/mol. The Balaban J connectivity index is 0.00000200. The fourth-order valence-electron chi connectivity index (χ4n) is 3.24. The highest BCUT2D eigenvalue weighted by molar-refractivity contribution is 14.0. The number of nitrogens with one attached hydrogen (secondary N) is 2. The molecule has 0 aliphatic heterocycles. The molecule has 3 nitrogen and oxygen atoms in total. The number of nitrogens with zero attached hydrogens (tertiary/aromatic N) is 1. The summed E-state index contributed by atoms with van der Waals surface area (Å²) in [5, 5.41) is 6.94. The van der Waals surface area contributed by atoms with Crippen molar-refractivity contribution in [2.24, 2.45) is 10.4 Å². The van der Waals surface area contributed by atoms with Gasteiger partial charge in [-0.2, -0.15) is 0 Å². The Labute approximate surface area is 141 Å². The summed E-state index contributed by atoms with van der Waals surface area (Å²) in [4.78, 5) is 4.87. The summed E-state index contributed by atoms with van der Waals surface area (Å²) in [7, 11) is 0. The van der Waals surface area contributed by atoms with Crippen LogP contribution in [0.1, 0.15) is 58.8 Å². The molecule has 116 valence electrons. The molecule has 0 aromatic carbocycles. The van der Waals surface area contributed by atoms with Crippen molar-refractivity contribution < 1.29 is 0 Å². The number of hydrogen-bond donors (Lipinski definition) is 2. The average Bonchev–Trinajstić information content (AvgIpc) is 3.08. The molecule has 2 aliphatic rings. The molecular formula is C16H30IN3. The van der Waals surface area contributed by atoms with Gasteiger partial charge in [-0.25, -0.2) is 0 Å². The summed E-state index contributed by atoms with van der Waals surface area (Å²) in [6.07, 6.45) is 13.5. The third-order valence-corrected chi connectivity index (χ3v) is 4.68. The van der Waals surface area contributed by atoms with Crippen LogP contribution in [-0.4, -0.2) is 25.1 Å². The van der Waals surface area contributed by atoms with Crippen molar-refractivity contribution in [2.45, 2.75) is 64.8 Å². The molecule has 0 spiro atoms. The van der Waals surface area contributed by atoms with Crippen LogP contribution in [-0.2, 0) is 0 Å². The van der Waals surface area contributed by atoms with Gasteiger partial charge in [0.25, 0.3) is 0 Å². The minimum Gasteiger partial charge on any atom is -0.357 e. The maximum atomic E-state index is 4.87. The number of aliphatic imine (C=N–C) groups is 1. The molecule has 2 rings (SSSR count). The van der Waals surface area contributed by atoms with Crippen LogP contribution in [0.2, 0.25) is 0 Å². The van der Waals surface area contributed by atoms with E-state index in [9.17, 15) is 0 Å². The van der Waals surface area contributed by atoms with Crippen molar-refractivity contribution in [2.75, 3.05) is 13.1 Å². The lowest BCUT2D eigenvalue weighted by Crippen LogP contribution is -2.43. The zero-order chi connectivity index (χ0) is 13.6. The third kappa shape index (κ3) is 4.93. The van der Waals surface area contributed by atoms with Gasteiger partial charge in [-0.3, -0.25) is 4.99 Å². The standard InChI is InChI=1S/C16H29N3.HI/c1-3-16(11-7-8-12-16)13-18-15(17-4-2)19-14-9-5-6-10-14;/h5-6,14H,3-4,7-13H2,1-2H3,(H2,17,18,19);1H. The van der Waals surface area contributed by atoms with Gasteiger partial charge in [0.05, 0.1) is 0 Å². The Morgan fingerprint density at radius 3 is 2.40 bits per heavy atom. The second kappa shape index (κ2) is 8.90. The maximum Gasteiger partial charge on any atom is 0.191 e. The molecule has 0 radical (unpaired) electrons. The molecule has 20 heavy (non-hydrogen) atoms. The van der Waals surface area contributed by atoms with E-state index in [0.29, 0.717) is 11.5 Å². The molecule has 0 bridgehead atoms. The first-order valence-corrected chi connectivity index (χ1v) is 7.98. The second-order valence-corrected chi connectivity index (χ2v) is 6.04. The van der Waals surface area contributed by atoms with Crippen LogP contribution < -0.4 is 10.6 Å². The fourth-order valence-corrected chi connectivity index (χ4v) is 3.24. The van der Waals surface area contributed by atoms with Crippen molar-refractivity contribution in [1.29, 1.82) is 0 Å². The van der Waals surface area contributed by atoms with E-state index in [-0.39, 0.29) is 24.0 Å². The number of halogens is 1. The Kier molecular flexibility index (Phi) is 7.92. The van der Waals surface area contributed by atoms with Crippen LogP contribution in [0, 0.1) is 5.41 Å². The Hall–Kier alpha value is -0.260. The van der Waals surface area contributed by atoms with Crippen molar-refractivity contribution >= 4 is 29.9 Å². The molecule has 0 unspecified atom stereocenters. The Bertz CT molecular complexity index is 325. The highest BCUT2D eigenvalue weighted by Gasteiger charge is 2.31. The Morgan fingerprint density at radius 1 is 1.20 bits per heavy atom. The first kappa shape index (κ1) is 17.8. The first-order chi connectivity index (χ1) is 9.28. The van der Waals surface area contributed by atoms with Crippen molar-refractivity contribution in [3.63, 3.8) is 0 Å². The average molecular weight is 391 g/mol. The van der Waals surface area contributed by atoms with Crippen LogP contribution in [0.4, 0.5) is 0 Å². The molecule has 4 heteroatoms. The highest BCUT2D eigenvalue weighted by atomic mass is 127. The summed E-state index contributed by atoms with van der Waals surface area (Å²) in [5.41, 5.74) is 0.482. The first-order valence-electron chi connectivity index (χ1n) is 7.98. The monoisotopic (exact) mass is 391 g/mol. The van der Waals surface area contributed by atoms with E-state index in [4.69, 9.17) is 4.99 Å². The van der Waals surface area contributed by atoms with Crippen molar-refractivity contribution in [3.05, 3.63) is 12.2 Å². The number of hydrogen-bond acceptors (Lipinski definition) is 1. The lowest BCUT2D eigenvalue weighted by Gasteiger charge is -2.26. The zero-order valence-corrected chi connectivity index (χ0v) is 15.3. The molecule has 0 saturated heterocycles. The molecule has 0 aromatic rings. The van der Waals surface area contributed by atoms with Crippen LogP contribution >= 0.6 is 24.0 Å². The van der Waals surface area contributed by atoms with Gasteiger partial charge >= 0.3 is 0 Å². The summed E-state index contributed by atoms with van der Waals surface area (Å²) in [6, 6.07) is 0.541. The number of guanidine groups is 1. The van der Waals surface area contributed by atoms with E-state index in [2.05, 4.69) is 36.6 Å². The lowest BCUT2D eigenvalue weighted by atomic mass is 9.84. The van der Waals surface area contributed by atoms with E-state index in [1.54, 1.807) is 0 Å². The van der Waals surface area contributed by atoms with Gasteiger partial charge in [0.2, 0.25) is 0 Å². The summed E-state index contributed by atoms with van der Waals surface area (Å²) < 4.78 is 0. The highest BCUT2D eigenvalue weighted by Crippen LogP contribution is 2.41. The lowest BCUT2D eigenvalue weighted by molar-refractivity contribution is 0.297. The van der Waals surface area contributed by atoms with Gasteiger partial charge in [-0.15, -0.1) is 24.0 Å². The largest absolute Gasteiger partial charge is 0.357 e. The van der Waals surface area contributed by atoms with Crippen LogP contribution in [0.3, 0.4) is 0 Å². The predicted octanol–water partition coefficient (Wildman–Crippen LogP) is 3.85. The summed E-state index contributed by atoms with van der Waals surface area (Å²) in [6.45, 7) is 6.38. The predicted molar refractivity (Wildman–Crippen MR) is 97.9 cm³/mol.